The lowest BCUT2D eigenvalue weighted by Gasteiger charge is -2.46. The van der Waals surface area contributed by atoms with Crippen molar-refractivity contribution in [2.24, 2.45) is 5.92 Å². The minimum Gasteiger partial charge on any atom is -0.482 e. The number of aliphatic hydroxyl groups is 1. The molecule has 1 aromatic carbocycles. The van der Waals surface area contributed by atoms with Crippen molar-refractivity contribution in [1.29, 1.82) is 5.26 Å². The van der Waals surface area contributed by atoms with Gasteiger partial charge >= 0.3 is 0 Å². The summed E-state index contributed by atoms with van der Waals surface area (Å²) in [5, 5.41) is 19.1. The zero-order valence-corrected chi connectivity index (χ0v) is 11.1. The smallest absolute Gasteiger partial charge is 0.260 e. The van der Waals surface area contributed by atoms with Crippen LogP contribution in [0.1, 0.15) is 18.4 Å². The first-order chi connectivity index (χ1) is 9.62. The molecule has 1 heterocycles. The SMILES string of the molecule is N#Cc1ccccc1OCC(=O)N1CC(O)(C2CC2)C1. The van der Waals surface area contributed by atoms with Crippen molar-refractivity contribution in [3.8, 4) is 11.8 Å². The van der Waals surface area contributed by atoms with Gasteiger partial charge in [-0.2, -0.15) is 5.26 Å². The van der Waals surface area contributed by atoms with Crippen LogP contribution in [0.15, 0.2) is 24.3 Å². The lowest BCUT2D eigenvalue weighted by Crippen LogP contribution is -2.65. The second-order valence-electron chi connectivity index (χ2n) is 5.52. The Morgan fingerprint density at radius 3 is 2.80 bits per heavy atom. The van der Waals surface area contributed by atoms with E-state index < -0.39 is 5.60 Å². The predicted molar refractivity (Wildman–Crippen MR) is 70.9 cm³/mol. The fraction of sp³-hybridized carbons (Fsp3) is 0.467. The topological polar surface area (TPSA) is 73.6 Å². The van der Waals surface area contributed by atoms with E-state index in [0.29, 0.717) is 30.3 Å². The van der Waals surface area contributed by atoms with E-state index in [2.05, 4.69) is 0 Å². The third kappa shape index (κ3) is 2.35. The molecule has 1 aromatic rings. The lowest BCUT2D eigenvalue weighted by molar-refractivity contribution is -0.161. The number of nitrogens with zero attached hydrogens (tertiary/aromatic N) is 2. The number of benzene rings is 1. The number of ether oxygens (including phenoxy) is 1. The summed E-state index contributed by atoms with van der Waals surface area (Å²) in [5.41, 5.74) is -0.251. The number of para-hydroxylation sites is 1. The molecular weight excluding hydrogens is 256 g/mol. The van der Waals surface area contributed by atoms with Gasteiger partial charge in [0.25, 0.3) is 5.91 Å². The summed E-state index contributed by atoms with van der Waals surface area (Å²) >= 11 is 0. The van der Waals surface area contributed by atoms with Gasteiger partial charge in [0.05, 0.1) is 18.7 Å². The largest absolute Gasteiger partial charge is 0.482 e. The molecule has 5 heteroatoms. The molecule has 104 valence electrons. The molecule has 3 rings (SSSR count). The summed E-state index contributed by atoms with van der Waals surface area (Å²) in [6.45, 7) is 0.707. The van der Waals surface area contributed by atoms with Crippen molar-refractivity contribution in [1.82, 2.24) is 4.90 Å². The Bertz CT molecular complexity index is 569. The molecule has 0 unspecified atom stereocenters. The van der Waals surface area contributed by atoms with Crippen molar-refractivity contribution in [3.63, 3.8) is 0 Å². The maximum Gasteiger partial charge on any atom is 0.260 e. The first-order valence-electron chi connectivity index (χ1n) is 6.74. The fourth-order valence-corrected chi connectivity index (χ4v) is 2.59. The third-order valence-electron chi connectivity index (χ3n) is 3.98. The Hall–Kier alpha value is -2.06. The molecule has 5 nitrogen and oxygen atoms in total. The summed E-state index contributed by atoms with van der Waals surface area (Å²) in [5.74, 6) is 0.635. The van der Waals surface area contributed by atoms with Crippen molar-refractivity contribution in [2.45, 2.75) is 18.4 Å². The number of amides is 1. The minimum atomic E-state index is -0.666. The molecule has 2 fully saturated rings. The van der Waals surface area contributed by atoms with Crippen LogP contribution in [-0.4, -0.2) is 41.2 Å². The van der Waals surface area contributed by atoms with Crippen LogP contribution < -0.4 is 4.74 Å². The highest BCUT2D eigenvalue weighted by Crippen LogP contribution is 2.44. The van der Waals surface area contributed by atoms with E-state index in [4.69, 9.17) is 10.00 Å². The molecule has 1 amide bonds. The Labute approximate surface area is 117 Å². The quantitative estimate of drug-likeness (QED) is 0.884. The number of hydrogen-bond donors (Lipinski definition) is 1. The van der Waals surface area contributed by atoms with Crippen molar-refractivity contribution in [3.05, 3.63) is 29.8 Å². The maximum atomic E-state index is 11.9. The van der Waals surface area contributed by atoms with Crippen molar-refractivity contribution < 1.29 is 14.6 Å². The first kappa shape index (κ1) is 12.9. The van der Waals surface area contributed by atoms with Crippen LogP contribution in [0.4, 0.5) is 0 Å². The summed E-state index contributed by atoms with van der Waals surface area (Å²) in [7, 11) is 0. The van der Waals surface area contributed by atoms with E-state index in [0.717, 1.165) is 12.8 Å². The second kappa shape index (κ2) is 4.80. The summed E-state index contributed by atoms with van der Waals surface area (Å²) in [6.07, 6.45) is 2.12. The van der Waals surface area contributed by atoms with E-state index in [-0.39, 0.29) is 12.5 Å². The van der Waals surface area contributed by atoms with E-state index >= 15 is 0 Å². The Balaban J connectivity index is 1.52. The van der Waals surface area contributed by atoms with Crippen LogP contribution in [0, 0.1) is 17.2 Å². The molecule has 1 saturated heterocycles. The molecule has 1 aliphatic heterocycles. The lowest BCUT2D eigenvalue weighted by atomic mass is 9.89. The standard InChI is InChI=1S/C15H16N2O3/c16-7-11-3-1-2-4-13(11)20-8-14(18)17-9-15(19,10-17)12-5-6-12/h1-4,12,19H,5-6,8-10H2. The van der Waals surface area contributed by atoms with E-state index in [1.165, 1.54) is 0 Å². The van der Waals surface area contributed by atoms with Crippen LogP contribution in [0.3, 0.4) is 0 Å². The molecule has 20 heavy (non-hydrogen) atoms. The van der Waals surface area contributed by atoms with Gasteiger partial charge in [0.1, 0.15) is 17.4 Å². The highest BCUT2D eigenvalue weighted by Gasteiger charge is 2.53. The number of rotatable bonds is 4. The van der Waals surface area contributed by atoms with Crippen LogP contribution in [-0.2, 0) is 4.79 Å². The van der Waals surface area contributed by atoms with Gasteiger partial charge in [-0.3, -0.25) is 4.79 Å². The van der Waals surface area contributed by atoms with Gasteiger partial charge in [-0.1, -0.05) is 12.1 Å². The molecule has 0 radical (unpaired) electrons. The van der Waals surface area contributed by atoms with E-state index in [1.807, 2.05) is 6.07 Å². The van der Waals surface area contributed by atoms with Crippen LogP contribution in [0.2, 0.25) is 0 Å². The molecule has 0 bridgehead atoms. The van der Waals surface area contributed by atoms with Crippen LogP contribution in [0.25, 0.3) is 0 Å². The second-order valence-corrected chi connectivity index (χ2v) is 5.52. The average Bonchev–Trinajstić information content (AvgIpc) is 3.26. The third-order valence-corrected chi connectivity index (χ3v) is 3.98. The van der Waals surface area contributed by atoms with E-state index in [9.17, 15) is 9.90 Å². The fourth-order valence-electron chi connectivity index (χ4n) is 2.59. The van der Waals surface area contributed by atoms with Gasteiger partial charge in [0.2, 0.25) is 0 Å². The molecule has 2 aliphatic rings. The molecule has 0 spiro atoms. The van der Waals surface area contributed by atoms with Crippen molar-refractivity contribution >= 4 is 5.91 Å². The number of carbonyl (C=O) groups excluding carboxylic acids is 1. The monoisotopic (exact) mass is 272 g/mol. The Morgan fingerprint density at radius 2 is 2.15 bits per heavy atom. The Kier molecular flexibility index (Phi) is 3.11. The number of β-amino-alcohol motifs (C(OH)–C–C–N with tert-alkyl or cyclic N) is 1. The van der Waals surface area contributed by atoms with Gasteiger partial charge in [-0.25, -0.2) is 0 Å². The summed E-state index contributed by atoms with van der Waals surface area (Å²) in [6, 6.07) is 8.85. The number of nitriles is 1. The van der Waals surface area contributed by atoms with Gasteiger partial charge < -0.3 is 14.7 Å². The van der Waals surface area contributed by atoms with Crippen molar-refractivity contribution in [2.75, 3.05) is 19.7 Å². The number of hydrogen-bond acceptors (Lipinski definition) is 4. The first-order valence-corrected chi connectivity index (χ1v) is 6.74. The van der Waals surface area contributed by atoms with Gasteiger partial charge in [0.15, 0.2) is 6.61 Å². The molecule has 1 saturated carbocycles. The van der Waals surface area contributed by atoms with Gasteiger partial charge in [-0.15, -0.1) is 0 Å². The summed E-state index contributed by atoms with van der Waals surface area (Å²) in [4.78, 5) is 13.5. The van der Waals surface area contributed by atoms with Crippen LogP contribution >= 0.6 is 0 Å². The highest BCUT2D eigenvalue weighted by molar-refractivity contribution is 5.79. The number of carbonyl (C=O) groups is 1. The normalized spacial score (nSPS) is 19.9. The summed E-state index contributed by atoms with van der Waals surface area (Å²) < 4.78 is 5.40. The molecule has 0 aromatic heterocycles. The molecular formula is C15H16N2O3. The zero-order chi connectivity index (χ0) is 14.2. The molecule has 1 aliphatic carbocycles. The maximum absolute atomic E-state index is 11.9. The Morgan fingerprint density at radius 1 is 1.45 bits per heavy atom. The predicted octanol–water partition coefficient (Wildman–Crippen LogP) is 0.920. The molecule has 1 N–H and O–H groups in total. The van der Waals surface area contributed by atoms with Crippen LogP contribution in [0.5, 0.6) is 5.75 Å². The van der Waals surface area contributed by atoms with Gasteiger partial charge in [0, 0.05) is 0 Å². The minimum absolute atomic E-state index is 0.0978. The number of likely N-dealkylation sites (tertiary alicyclic amines) is 1. The highest BCUT2D eigenvalue weighted by atomic mass is 16.5. The van der Waals surface area contributed by atoms with Gasteiger partial charge in [-0.05, 0) is 30.9 Å². The molecule has 0 atom stereocenters. The average molecular weight is 272 g/mol. The zero-order valence-electron chi connectivity index (χ0n) is 11.1. The van der Waals surface area contributed by atoms with E-state index in [1.54, 1.807) is 29.2 Å².